The third-order valence-corrected chi connectivity index (χ3v) is 3.62. The summed E-state index contributed by atoms with van der Waals surface area (Å²) >= 11 is 0. The summed E-state index contributed by atoms with van der Waals surface area (Å²) in [5, 5.41) is 15.2. The molecular formula is C15H20N2O. The van der Waals surface area contributed by atoms with Gasteiger partial charge in [-0.2, -0.15) is 0 Å². The first-order valence-corrected chi connectivity index (χ1v) is 6.36. The Morgan fingerprint density at radius 3 is 2.89 bits per heavy atom. The van der Waals surface area contributed by atoms with Gasteiger partial charge in [0, 0.05) is 40.8 Å². The van der Waals surface area contributed by atoms with Crippen molar-refractivity contribution in [3.63, 3.8) is 0 Å². The van der Waals surface area contributed by atoms with Gasteiger partial charge in [0.05, 0.1) is 6.61 Å². The van der Waals surface area contributed by atoms with E-state index in [1.165, 1.54) is 5.39 Å². The average molecular weight is 244 g/mol. The van der Waals surface area contributed by atoms with Gasteiger partial charge in [0.1, 0.15) is 0 Å². The van der Waals surface area contributed by atoms with Crippen molar-refractivity contribution < 1.29 is 5.11 Å². The number of aliphatic hydroxyl groups is 1. The number of benzene rings is 1. The van der Waals surface area contributed by atoms with Crippen molar-refractivity contribution in [2.75, 3.05) is 18.5 Å². The molecule has 96 valence electrons. The molecule has 0 amide bonds. The Labute approximate surface area is 108 Å². The molecule has 3 heteroatoms. The Hall–Kier alpha value is -1.61. The second-order valence-corrected chi connectivity index (χ2v) is 5.08. The van der Waals surface area contributed by atoms with Gasteiger partial charge in [0.2, 0.25) is 0 Å². The molecule has 1 aromatic carbocycles. The molecule has 1 atom stereocenters. The highest BCUT2D eigenvalue weighted by atomic mass is 16.3. The molecule has 0 fully saturated rings. The Morgan fingerprint density at radius 1 is 1.33 bits per heavy atom. The summed E-state index contributed by atoms with van der Waals surface area (Å²) < 4.78 is 0. The Bertz CT molecular complexity index is 515. The Morgan fingerprint density at radius 2 is 2.17 bits per heavy atom. The summed E-state index contributed by atoms with van der Waals surface area (Å²) in [7, 11) is 0. The van der Waals surface area contributed by atoms with Crippen LogP contribution in [0.25, 0.3) is 10.8 Å². The minimum Gasteiger partial charge on any atom is -0.396 e. The van der Waals surface area contributed by atoms with Crippen LogP contribution in [0.4, 0.5) is 5.69 Å². The predicted octanol–water partition coefficient (Wildman–Crippen LogP) is 3.06. The monoisotopic (exact) mass is 244 g/mol. The van der Waals surface area contributed by atoms with Gasteiger partial charge in [-0.1, -0.05) is 26.0 Å². The highest BCUT2D eigenvalue weighted by Crippen LogP contribution is 2.25. The van der Waals surface area contributed by atoms with Gasteiger partial charge in [0.15, 0.2) is 0 Å². The zero-order chi connectivity index (χ0) is 13.0. The maximum atomic E-state index is 9.43. The molecule has 1 unspecified atom stereocenters. The highest BCUT2D eigenvalue weighted by Gasteiger charge is 2.20. The van der Waals surface area contributed by atoms with E-state index in [0.29, 0.717) is 0 Å². The van der Waals surface area contributed by atoms with Crippen molar-refractivity contribution in [2.45, 2.75) is 20.3 Å². The lowest BCUT2D eigenvalue weighted by molar-refractivity contribution is 0.149. The van der Waals surface area contributed by atoms with Gasteiger partial charge < -0.3 is 10.4 Å². The lowest BCUT2D eigenvalue weighted by Crippen LogP contribution is -2.29. The summed E-state index contributed by atoms with van der Waals surface area (Å²) in [4.78, 5) is 4.13. The van der Waals surface area contributed by atoms with E-state index in [0.717, 1.165) is 24.0 Å². The number of aliphatic hydroxyl groups excluding tert-OH is 1. The molecule has 0 saturated carbocycles. The van der Waals surface area contributed by atoms with Crippen LogP contribution >= 0.6 is 0 Å². The normalized spacial score (nSPS) is 14.4. The number of hydrogen-bond acceptors (Lipinski definition) is 3. The smallest absolute Gasteiger partial charge is 0.0501 e. The summed E-state index contributed by atoms with van der Waals surface area (Å²) in [6, 6.07) is 8.16. The van der Waals surface area contributed by atoms with Crippen LogP contribution in [0, 0.1) is 5.41 Å². The van der Waals surface area contributed by atoms with Crippen LogP contribution in [0.3, 0.4) is 0 Å². The van der Waals surface area contributed by atoms with Crippen molar-refractivity contribution >= 4 is 16.5 Å². The van der Waals surface area contributed by atoms with E-state index in [1.807, 2.05) is 18.3 Å². The third kappa shape index (κ3) is 2.62. The first-order valence-electron chi connectivity index (χ1n) is 6.36. The fourth-order valence-electron chi connectivity index (χ4n) is 1.88. The van der Waals surface area contributed by atoms with Crippen molar-refractivity contribution in [1.29, 1.82) is 0 Å². The zero-order valence-electron chi connectivity index (χ0n) is 11.0. The van der Waals surface area contributed by atoms with E-state index in [9.17, 15) is 5.11 Å². The highest BCUT2D eigenvalue weighted by molar-refractivity contribution is 5.93. The van der Waals surface area contributed by atoms with Crippen LogP contribution in [0.2, 0.25) is 0 Å². The topological polar surface area (TPSA) is 45.1 Å². The average Bonchev–Trinajstić information content (AvgIpc) is 2.44. The van der Waals surface area contributed by atoms with Gasteiger partial charge in [-0.15, -0.1) is 0 Å². The summed E-state index contributed by atoms with van der Waals surface area (Å²) in [6.07, 6.45) is 4.62. The van der Waals surface area contributed by atoms with Gasteiger partial charge in [-0.25, -0.2) is 0 Å². The van der Waals surface area contributed by atoms with E-state index in [2.05, 4.69) is 36.3 Å². The second-order valence-electron chi connectivity index (χ2n) is 5.08. The fourth-order valence-corrected chi connectivity index (χ4v) is 1.88. The Balaban J connectivity index is 2.22. The maximum Gasteiger partial charge on any atom is 0.0501 e. The van der Waals surface area contributed by atoms with Crippen LogP contribution in [0.5, 0.6) is 0 Å². The molecule has 2 rings (SSSR count). The van der Waals surface area contributed by atoms with Gasteiger partial charge in [-0.05, 0) is 18.6 Å². The number of aromatic nitrogens is 1. The first-order chi connectivity index (χ1) is 8.68. The molecule has 1 aromatic heterocycles. The number of hydrogen-bond donors (Lipinski definition) is 2. The predicted molar refractivity (Wildman–Crippen MR) is 75.7 cm³/mol. The van der Waals surface area contributed by atoms with E-state index in [1.54, 1.807) is 6.20 Å². The maximum absolute atomic E-state index is 9.43. The van der Waals surface area contributed by atoms with E-state index < -0.39 is 0 Å². The van der Waals surface area contributed by atoms with Crippen LogP contribution in [0.15, 0.2) is 36.7 Å². The Kier molecular flexibility index (Phi) is 3.82. The van der Waals surface area contributed by atoms with Gasteiger partial charge in [0.25, 0.3) is 0 Å². The zero-order valence-corrected chi connectivity index (χ0v) is 11.0. The molecule has 0 spiro atoms. The lowest BCUT2D eigenvalue weighted by Gasteiger charge is -2.26. The number of fused-ring (bicyclic) bond motifs is 1. The van der Waals surface area contributed by atoms with Gasteiger partial charge in [-0.3, -0.25) is 4.98 Å². The number of anilines is 1. The van der Waals surface area contributed by atoms with Crippen LogP contribution in [-0.2, 0) is 0 Å². The third-order valence-electron chi connectivity index (χ3n) is 3.62. The molecule has 2 N–H and O–H groups in total. The van der Waals surface area contributed by atoms with Crippen molar-refractivity contribution in [2.24, 2.45) is 5.41 Å². The molecule has 18 heavy (non-hydrogen) atoms. The minimum absolute atomic E-state index is 0.0742. The molecule has 0 aliphatic heterocycles. The number of rotatable bonds is 5. The number of nitrogens with zero attached hydrogens (tertiary/aromatic N) is 1. The largest absolute Gasteiger partial charge is 0.396 e. The van der Waals surface area contributed by atoms with Gasteiger partial charge >= 0.3 is 0 Å². The van der Waals surface area contributed by atoms with Crippen molar-refractivity contribution in [3.05, 3.63) is 36.7 Å². The standard InChI is InChI=1S/C15H20N2O/c1-3-15(2,11-18)10-17-14-6-4-5-12-9-16-8-7-13(12)14/h4-9,17-18H,3,10-11H2,1-2H3. The molecule has 0 saturated heterocycles. The molecule has 0 bridgehead atoms. The van der Waals surface area contributed by atoms with Crippen molar-refractivity contribution in [1.82, 2.24) is 4.98 Å². The van der Waals surface area contributed by atoms with E-state index in [4.69, 9.17) is 0 Å². The lowest BCUT2D eigenvalue weighted by atomic mass is 9.88. The second kappa shape index (κ2) is 5.36. The number of pyridine rings is 1. The molecule has 0 aliphatic carbocycles. The van der Waals surface area contributed by atoms with E-state index >= 15 is 0 Å². The summed E-state index contributed by atoms with van der Waals surface area (Å²) in [5.74, 6) is 0. The molecule has 1 heterocycles. The molecule has 0 radical (unpaired) electrons. The summed E-state index contributed by atoms with van der Waals surface area (Å²) in [5.41, 5.74) is 1.03. The molecule has 0 aliphatic rings. The van der Waals surface area contributed by atoms with E-state index in [-0.39, 0.29) is 12.0 Å². The molecular weight excluding hydrogens is 224 g/mol. The van der Waals surface area contributed by atoms with Crippen LogP contribution in [-0.4, -0.2) is 23.2 Å². The van der Waals surface area contributed by atoms with Crippen molar-refractivity contribution in [3.8, 4) is 0 Å². The first kappa shape index (κ1) is 12.8. The summed E-state index contributed by atoms with van der Waals surface area (Å²) in [6.45, 7) is 5.15. The molecule has 2 aromatic rings. The fraction of sp³-hybridized carbons (Fsp3) is 0.400. The quantitative estimate of drug-likeness (QED) is 0.849. The number of nitrogens with one attached hydrogen (secondary N) is 1. The van der Waals surface area contributed by atoms with Crippen LogP contribution < -0.4 is 5.32 Å². The van der Waals surface area contributed by atoms with Crippen LogP contribution in [0.1, 0.15) is 20.3 Å². The molecule has 3 nitrogen and oxygen atoms in total. The minimum atomic E-state index is -0.0742. The SMILES string of the molecule is CCC(C)(CO)CNc1cccc2cnccc12.